The SMILES string of the molecule is O=S(=O)(c1ccc(I)cc1)N(CC1CCCNC1)C1CC1. The Morgan fingerprint density at radius 1 is 1.19 bits per heavy atom. The number of rotatable bonds is 5. The van der Waals surface area contributed by atoms with Crippen LogP contribution in [-0.2, 0) is 10.0 Å². The van der Waals surface area contributed by atoms with Gasteiger partial charge in [0.25, 0.3) is 0 Å². The van der Waals surface area contributed by atoms with E-state index >= 15 is 0 Å². The van der Waals surface area contributed by atoms with Crippen molar-refractivity contribution >= 4 is 32.6 Å². The number of hydrogen-bond donors (Lipinski definition) is 1. The second kappa shape index (κ2) is 6.52. The minimum atomic E-state index is -3.35. The lowest BCUT2D eigenvalue weighted by atomic mass is 10.00. The van der Waals surface area contributed by atoms with Crippen LogP contribution in [0, 0.1) is 9.49 Å². The molecular formula is C15H21IN2O2S. The molecule has 0 radical (unpaired) electrons. The summed E-state index contributed by atoms with van der Waals surface area (Å²) >= 11 is 2.20. The Kier molecular flexibility index (Phi) is 4.87. The molecule has 0 bridgehead atoms. The van der Waals surface area contributed by atoms with Crippen LogP contribution in [0.1, 0.15) is 25.7 Å². The van der Waals surface area contributed by atoms with Gasteiger partial charge in [0, 0.05) is 16.2 Å². The molecule has 2 fully saturated rings. The molecule has 0 amide bonds. The van der Waals surface area contributed by atoms with E-state index in [0.717, 1.165) is 42.3 Å². The highest BCUT2D eigenvalue weighted by Crippen LogP contribution is 2.33. The average Bonchev–Trinajstić information content (AvgIpc) is 3.31. The van der Waals surface area contributed by atoms with Crippen molar-refractivity contribution in [2.45, 2.75) is 36.6 Å². The minimum absolute atomic E-state index is 0.219. The monoisotopic (exact) mass is 420 g/mol. The first-order valence-electron chi connectivity index (χ1n) is 7.55. The van der Waals surface area contributed by atoms with E-state index in [1.165, 1.54) is 0 Å². The van der Waals surface area contributed by atoms with Crippen molar-refractivity contribution in [1.29, 1.82) is 0 Å². The maximum atomic E-state index is 12.9. The van der Waals surface area contributed by atoms with E-state index in [-0.39, 0.29) is 6.04 Å². The second-order valence-electron chi connectivity index (χ2n) is 5.97. The maximum absolute atomic E-state index is 12.9. The summed E-state index contributed by atoms with van der Waals surface area (Å²) in [5, 5.41) is 3.38. The second-order valence-corrected chi connectivity index (χ2v) is 9.11. The summed E-state index contributed by atoms with van der Waals surface area (Å²) < 4.78 is 28.6. The summed E-state index contributed by atoms with van der Waals surface area (Å²) in [5.74, 6) is 0.443. The Labute approximate surface area is 140 Å². The summed E-state index contributed by atoms with van der Waals surface area (Å²) in [6.45, 7) is 2.65. The molecule has 0 aromatic heterocycles. The fraction of sp³-hybridized carbons (Fsp3) is 0.600. The summed E-state index contributed by atoms with van der Waals surface area (Å²) in [6, 6.07) is 7.40. The molecule has 116 valence electrons. The molecule has 3 rings (SSSR count). The van der Waals surface area contributed by atoms with Gasteiger partial charge in [-0.15, -0.1) is 0 Å². The number of piperidine rings is 1. The first-order valence-corrected chi connectivity index (χ1v) is 10.1. The lowest BCUT2D eigenvalue weighted by molar-refractivity contribution is 0.287. The molecule has 0 spiro atoms. The Hall–Kier alpha value is -0.180. The Morgan fingerprint density at radius 3 is 2.48 bits per heavy atom. The Bertz CT molecular complexity index is 578. The lowest BCUT2D eigenvalue weighted by Crippen LogP contribution is -2.42. The summed E-state index contributed by atoms with van der Waals surface area (Å²) in [5.41, 5.74) is 0. The van der Waals surface area contributed by atoms with E-state index in [0.29, 0.717) is 17.4 Å². The highest BCUT2D eigenvalue weighted by atomic mass is 127. The average molecular weight is 420 g/mol. The smallest absolute Gasteiger partial charge is 0.243 e. The molecule has 1 aromatic rings. The zero-order chi connectivity index (χ0) is 14.9. The van der Waals surface area contributed by atoms with E-state index in [2.05, 4.69) is 27.9 Å². The van der Waals surface area contributed by atoms with E-state index in [4.69, 9.17) is 0 Å². The van der Waals surface area contributed by atoms with Crippen LogP contribution in [0.4, 0.5) is 0 Å². The maximum Gasteiger partial charge on any atom is 0.243 e. The van der Waals surface area contributed by atoms with Crippen molar-refractivity contribution in [2.75, 3.05) is 19.6 Å². The Balaban J connectivity index is 1.80. The van der Waals surface area contributed by atoms with Crippen molar-refractivity contribution in [3.63, 3.8) is 0 Å². The zero-order valence-corrected chi connectivity index (χ0v) is 14.9. The van der Waals surface area contributed by atoms with E-state index in [1.54, 1.807) is 16.4 Å². The number of nitrogens with zero attached hydrogens (tertiary/aromatic N) is 1. The standard InChI is InChI=1S/C15H21IN2O2S/c16-13-3-7-15(8-4-13)21(19,20)18(14-5-6-14)11-12-2-1-9-17-10-12/h3-4,7-8,12,14,17H,1-2,5-6,9-11H2. The van der Waals surface area contributed by atoms with Gasteiger partial charge in [0.2, 0.25) is 10.0 Å². The van der Waals surface area contributed by atoms with Crippen LogP contribution in [0.15, 0.2) is 29.2 Å². The van der Waals surface area contributed by atoms with Crippen molar-refractivity contribution in [3.05, 3.63) is 27.8 Å². The Morgan fingerprint density at radius 2 is 1.90 bits per heavy atom. The first-order chi connectivity index (χ1) is 10.1. The van der Waals surface area contributed by atoms with Gasteiger partial charge in [-0.05, 0) is 91.5 Å². The number of benzene rings is 1. The predicted molar refractivity (Wildman–Crippen MR) is 91.7 cm³/mol. The van der Waals surface area contributed by atoms with Crippen molar-refractivity contribution in [1.82, 2.24) is 9.62 Å². The fourth-order valence-corrected chi connectivity index (χ4v) is 5.00. The van der Waals surface area contributed by atoms with Crippen LogP contribution in [-0.4, -0.2) is 38.4 Å². The van der Waals surface area contributed by atoms with Crippen molar-refractivity contribution < 1.29 is 8.42 Å². The minimum Gasteiger partial charge on any atom is -0.316 e. The van der Waals surface area contributed by atoms with Crippen molar-refractivity contribution in [3.8, 4) is 0 Å². The van der Waals surface area contributed by atoms with Crippen LogP contribution in [0.5, 0.6) is 0 Å². The lowest BCUT2D eigenvalue weighted by Gasteiger charge is -2.29. The molecule has 1 unspecified atom stereocenters. The van der Waals surface area contributed by atoms with Gasteiger partial charge in [-0.3, -0.25) is 0 Å². The summed E-state index contributed by atoms with van der Waals surface area (Å²) in [4.78, 5) is 0.429. The predicted octanol–water partition coefficient (Wildman–Crippen LogP) is 2.44. The molecule has 1 heterocycles. The van der Waals surface area contributed by atoms with Gasteiger partial charge >= 0.3 is 0 Å². The third-order valence-electron chi connectivity index (χ3n) is 4.21. The third-order valence-corrected chi connectivity index (χ3v) is 6.86. The van der Waals surface area contributed by atoms with Gasteiger partial charge in [-0.2, -0.15) is 4.31 Å². The van der Waals surface area contributed by atoms with E-state index in [9.17, 15) is 8.42 Å². The molecule has 2 aliphatic rings. The highest BCUT2D eigenvalue weighted by Gasteiger charge is 2.39. The van der Waals surface area contributed by atoms with Gasteiger partial charge in [0.1, 0.15) is 0 Å². The number of nitrogens with one attached hydrogen (secondary N) is 1. The van der Waals surface area contributed by atoms with E-state index < -0.39 is 10.0 Å². The number of sulfonamides is 1. The van der Waals surface area contributed by atoms with Crippen LogP contribution >= 0.6 is 22.6 Å². The highest BCUT2D eigenvalue weighted by molar-refractivity contribution is 14.1. The summed E-state index contributed by atoms with van der Waals surface area (Å²) in [7, 11) is -3.35. The molecule has 21 heavy (non-hydrogen) atoms. The molecule has 1 atom stereocenters. The fourth-order valence-electron chi connectivity index (χ4n) is 2.88. The molecule has 1 saturated carbocycles. The molecule has 6 heteroatoms. The van der Waals surface area contributed by atoms with Gasteiger partial charge in [-0.25, -0.2) is 8.42 Å². The van der Waals surface area contributed by atoms with Crippen LogP contribution in [0.3, 0.4) is 0 Å². The summed E-state index contributed by atoms with van der Waals surface area (Å²) in [6.07, 6.45) is 4.28. The normalized spacial score (nSPS) is 23.4. The van der Waals surface area contributed by atoms with Gasteiger partial charge in [0.15, 0.2) is 0 Å². The molecular weight excluding hydrogens is 399 g/mol. The van der Waals surface area contributed by atoms with Gasteiger partial charge < -0.3 is 5.32 Å². The van der Waals surface area contributed by atoms with Crippen molar-refractivity contribution in [2.24, 2.45) is 5.92 Å². The quantitative estimate of drug-likeness (QED) is 0.745. The molecule has 1 aliphatic heterocycles. The molecule has 4 nitrogen and oxygen atoms in total. The zero-order valence-electron chi connectivity index (χ0n) is 12.0. The number of halogens is 1. The molecule has 1 saturated heterocycles. The topological polar surface area (TPSA) is 49.4 Å². The van der Waals surface area contributed by atoms with Crippen LogP contribution in [0.25, 0.3) is 0 Å². The largest absolute Gasteiger partial charge is 0.316 e. The first kappa shape index (κ1) is 15.7. The third kappa shape index (κ3) is 3.78. The van der Waals surface area contributed by atoms with E-state index in [1.807, 2.05) is 12.1 Å². The molecule has 1 N–H and O–H groups in total. The molecule has 1 aromatic carbocycles. The molecule has 1 aliphatic carbocycles. The van der Waals surface area contributed by atoms with Crippen LogP contribution < -0.4 is 5.32 Å². The van der Waals surface area contributed by atoms with Crippen LogP contribution in [0.2, 0.25) is 0 Å². The number of hydrogen-bond acceptors (Lipinski definition) is 3. The van der Waals surface area contributed by atoms with Gasteiger partial charge in [-0.1, -0.05) is 0 Å². The van der Waals surface area contributed by atoms with Gasteiger partial charge in [0.05, 0.1) is 4.90 Å².